The van der Waals surface area contributed by atoms with E-state index in [1.165, 1.54) is 12.1 Å². The lowest BCUT2D eigenvalue weighted by molar-refractivity contribution is -0.384. The monoisotopic (exact) mass is 444 g/mol. The molecule has 0 aliphatic carbocycles. The van der Waals surface area contributed by atoms with Crippen molar-refractivity contribution in [1.82, 2.24) is 4.57 Å². The van der Waals surface area contributed by atoms with E-state index in [2.05, 4.69) is 16.7 Å². The summed E-state index contributed by atoms with van der Waals surface area (Å²) >= 11 is 0. The van der Waals surface area contributed by atoms with Crippen LogP contribution in [0.5, 0.6) is 0 Å². The number of benzene rings is 3. The van der Waals surface area contributed by atoms with Crippen molar-refractivity contribution in [2.45, 2.75) is 13.8 Å². The number of nitriles is 2. The van der Waals surface area contributed by atoms with Gasteiger partial charge in [0, 0.05) is 29.2 Å². The van der Waals surface area contributed by atoms with Gasteiger partial charge in [-0.25, -0.2) is 0 Å². The molecular weight excluding hydrogens is 424 g/mol. The molecule has 164 valence electrons. The quantitative estimate of drug-likeness (QED) is 0.197. The summed E-state index contributed by atoms with van der Waals surface area (Å²) < 4.78 is 2.12. The number of non-ortho nitro benzene ring substituents is 1. The van der Waals surface area contributed by atoms with Gasteiger partial charge in [-0.1, -0.05) is 24.3 Å². The van der Waals surface area contributed by atoms with Crippen LogP contribution < -0.4 is 0 Å². The molecule has 4 rings (SSSR count). The van der Waals surface area contributed by atoms with Crippen molar-refractivity contribution < 1.29 is 4.92 Å². The fourth-order valence-electron chi connectivity index (χ4n) is 3.97. The number of rotatable bonds is 5. The summed E-state index contributed by atoms with van der Waals surface area (Å²) in [5, 5.41) is 29.6. The van der Waals surface area contributed by atoms with E-state index in [9.17, 15) is 15.4 Å². The van der Waals surface area contributed by atoms with E-state index in [0.717, 1.165) is 39.3 Å². The zero-order chi connectivity index (χ0) is 24.2. The highest BCUT2D eigenvalue weighted by atomic mass is 16.6. The number of hydrogen-bond acceptors (Lipinski definition) is 4. The van der Waals surface area contributed by atoms with Crippen LogP contribution in [-0.4, -0.2) is 9.49 Å². The zero-order valence-corrected chi connectivity index (χ0v) is 18.7. The largest absolute Gasteiger partial charge is 0.318 e. The molecular formula is C28H20N4O2. The maximum atomic E-state index is 10.9. The lowest BCUT2D eigenvalue weighted by Gasteiger charge is -2.11. The summed E-state index contributed by atoms with van der Waals surface area (Å²) in [6, 6.07) is 27.9. The van der Waals surface area contributed by atoms with Gasteiger partial charge in [0.1, 0.15) is 0 Å². The first kappa shape index (κ1) is 22.3. The Bertz CT molecular complexity index is 1480. The number of aryl methyl sites for hydroxylation is 1. The van der Waals surface area contributed by atoms with Gasteiger partial charge in [-0.05, 0) is 84.6 Å². The lowest BCUT2D eigenvalue weighted by atomic mass is 10.0. The van der Waals surface area contributed by atoms with Gasteiger partial charge in [-0.3, -0.25) is 10.1 Å². The van der Waals surface area contributed by atoms with E-state index >= 15 is 0 Å². The molecule has 0 saturated carbocycles. The van der Waals surface area contributed by atoms with Gasteiger partial charge < -0.3 is 4.57 Å². The van der Waals surface area contributed by atoms with Crippen molar-refractivity contribution in [3.8, 4) is 29.0 Å². The summed E-state index contributed by atoms with van der Waals surface area (Å²) in [6.45, 7) is 4.03. The topological polar surface area (TPSA) is 95.7 Å². The average molecular weight is 444 g/mol. The summed E-state index contributed by atoms with van der Waals surface area (Å²) in [6.07, 6.45) is 1.87. The van der Waals surface area contributed by atoms with Crippen LogP contribution in [0, 0.1) is 46.6 Å². The fraction of sp³-hybridized carbons (Fsp3) is 0.0714. The molecule has 0 N–H and O–H groups in total. The molecule has 0 aliphatic rings. The zero-order valence-electron chi connectivity index (χ0n) is 18.7. The van der Waals surface area contributed by atoms with Gasteiger partial charge in [0.2, 0.25) is 0 Å². The summed E-state index contributed by atoms with van der Waals surface area (Å²) in [5.74, 6) is 0. The van der Waals surface area contributed by atoms with Gasteiger partial charge in [-0.2, -0.15) is 10.5 Å². The van der Waals surface area contributed by atoms with E-state index in [1.54, 1.807) is 36.4 Å². The average Bonchev–Trinajstić information content (AvgIpc) is 3.15. The molecule has 0 bridgehead atoms. The Morgan fingerprint density at radius 3 is 2.03 bits per heavy atom. The molecule has 0 radical (unpaired) electrons. The number of nitrogens with zero attached hydrogens (tertiary/aromatic N) is 4. The Morgan fingerprint density at radius 1 is 0.912 bits per heavy atom. The third-order valence-electron chi connectivity index (χ3n) is 5.75. The molecule has 4 aromatic rings. The summed E-state index contributed by atoms with van der Waals surface area (Å²) in [5.41, 5.74) is 7.74. The first-order chi connectivity index (χ1) is 16.4. The highest BCUT2D eigenvalue weighted by Crippen LogP contribution is 2.28. The number of nitro benzene ring substituents is 1. The van der Waals surface area contributed by atoms with Gasteiger partial charge in [0.15, 0.2) is 0 Å². The minimum absolute atomic E-state index is 0.0669. The lowest BCUT2D eigenvalue weighted by Crippen LogP contribution is -1.99. The Kier molecular flexibility index (Phi) is 6.07. The molecule has 0 amide bonds. The van der Waals surface area contributed by atoms with Crippen molar-refractivity contribution >= 4 is 17.3 Å². The van der Waals surface area contributed by atoms with Gasteiger partial charge in [0.05, 0.1) is 28.2 Å². The van der Waals surface area contributed by atoms with Crippen molar-refractivity contribution in [1.29, 1.82) is 10.5 Å². The number of nitro groups is 1. The molecule has 0 unspecified atom stereocenters. The Balaban J connectivity index is 1.65. The van der Waals surface area contributed by atoms with Crippen LogP contribution in [0.3, 0.4) is 0 Å². The molecule has 3 aromatic carbocycles. The minimum Gasteiger partial charge on any atom is -0.318 e. The Hall–Kier alpha value is -4.94. The van der Waals surface area contributed by atoms with Crippen molar-refractivity contribution in [3.63, 3.8) is 0 Å². The molecule has 6 heteroatoms. The van der Waals surface area contributed by atoms with Gasteiger partial charge >= 0.3 is 0 Å². The van der Waals surface area contributed by atoms with Crippen molar-refractivity contribution in [3.05, 3.63) is 117 Å². The first-order valence-corrected chi connectivity index (χ1v) is 10.6. The predicted octanol–water partition coefficient (Wildman–Crippen LogP) is 6.61. The van der Waals surface area contributed by atoms with Gasteiger partial charge in [0.25, 0.3) is 5.69 Å². The third kappa shape index (κ3) is 4.34. The van der Waals surface area contributed by atoms with E-state index in [0.29, 0.717) is 11.1 Å². The maximum absolute atomic E-state index is 10.9. The summed E-state index contributed by atoms with van der Waals surface area (Å²) in [7, 11) is 0. The highest BCUT2D eigenvalue weighted by Gasteiger charge is 2.12. The van der Waals surface area contributed by atoms with E-state index in [1.807, 2.05) is 50.3 Å². The van der Waals surface area contributed by atoms with Crippen molar-refractivity contribution in [2.24, 2.45) is 0 Å². The normalized spacial score (nSPS) is 11.0. The van der Waals surface area contributed by atoms with E-state index in [4.69, 9.17) is 5.26 Å². The fourth-order valence-corrected chi connectivity index (χ4v) is 3.97. The highest BCUT2D eigenvalue weighted by molar-refractivity contribution is 5.90. The van der Waals surface area contributed by atoms with Crippen molar-refractivity contribution in [2.75, 3.05) is 0 Å². The second-order valence-electron chi connectivity index (χ2n) is 7.87. The predicted molar refractivity (Wildman–Crippen MR) is 132 cm³/mol. The second-order valence-corrected chi connectivity index (χ2v) is 7.87. The number of allylic oxidation sites excluding steroid dienone is 1. The molecule has 6 nitrogen and oxygen atoms in total. The maximum Gasteiger partial charge on any atom is 0.269 e. The van der Waals surface area contributed by atoms with Gasteiger partial charge in [-0.15, -0.1) is 0 Å². The Labute approximate surface area is 197 Å². The smallest absolute Gasteiger partial charge is 0.269 e. The van der Waals surface area contributed by atoms with Crippen LogP contribution in [0.4, 0.5) is 5.69 Å². The van der Waals surface area contributed by atoms with Crippen LogP contribution in [0.2, 0.25) is 0 Å². The number of hydrogen-bond donors (Lipinski definition) is 0. The SMILES string of the molecule is Cc1cc(/C=C(/C#N)c2ccc(C#N)cc2)c(C)n1-c1ccc(-c2ccc([N+](=O)[O-])cc2)cc1. The van der Waals surface area contributed by atoms with Crippen LogP contribution in [0.1, 0.15) is 28.1 Å². The van der Waals surface area contributed by atoms with Crippen LogP contribution in [0.15, 0.2) is 78.9 Å². The van der Waals surface area contributed by atoms with E-state index in [-0.39, 0.29) is 5.69 Å². The number of aromatic nitrogens is 1. The van der Waals surface area contributed by atoms with Crippen LogP contribution in [0.25, 0.3) is 28.5 Å². The molecule has 1 heterocycles. The standard InChI is InChI=1S/C28H20N4O2/c1-19-15-25(16-26(18-30)24-5-3-21(17-29)4-6-24)20(2)31(19)27-11-7-22(8-12-27)23-9-13-28(14-10-23)32(33)34/h3-16H,1-2H3/b26-16-. The molecule has 0 spiro atoms. The Morgan fingerprint density at radius 2 is 1.50 bits per heavy atom. The minimum atomic E-state index is -0.407. The molecule has 0 fully saturated rings. The van der Waals surface area contributed by atoms with E-state index < -0.39 is 4.92 Å². The molecule has 0 aliphatic heterocycles. The van der Waals surface area contributed by atoms with Crippen LogP contribution >= 0.6 is 0 Å². The third-order valence-corrected chi connectivity index (χ3v) is 5.75. The molecule has 0 saturated heterocycles. The molecule has 0 atom stereocenters. The molecule has 1 aromatic heterocycles. The second kappa shape index (κ2) is 9.28. The summed E-state index contributed by atoms with van der Waals surface area (Å²) in [4.78, 5) is 10.5. The van der Waals surface area contributed by atoms with Crippen LogP contribution in [-0.2, 0) is 0 Å². The first-order valence-electron chi connectivity index (χ1n) is 10.6. The molecule has 34 heavy (non-hydrogen) atoms.